The number of hydrogen-bond donors (Lipinski definition) is 2. The van der Waals surface area contributed by atoms with Crippen molar-refractivity contribution in [1.82, 2.24) is 24.6 Å². The van der Waals surface area contributed by atoms with E-state index in [9.17, 15) is 8.42 Å². The van der Waals surface area contributed by atoms with E-state index in [2.05, 4.69) is 71.6 Å². The van der Waals surface area contributed by atoms with Crippen LogP contribution in [0.3, 0.4) is 0 Å². The summed E-state index contributed by atoms with van der Waals surface area (Å²) in [5.41, 5.74) is 2.94. The number of benzene rings is 2. The van der Waals surface area contributed by atoms with E-state index in [1.807, 2.05) is 12.1 Å². The third kappa shape index (κ3) is 5.86. The lowest BCUT2D eigenvalue weighted by molar-refractivity contribution is 0.249. The summed E-state index contributed by atoms with van der Waals surface area (Å²) in [4.78, 5) is 13.8. The van der Waals surface area contributed by atoms with E-state index in [1.54, 1.807) is 43.4 Å². The first-order valence-corrected chi connectivity index (χ1v) is 15.5. The van der Waals surface area contributed by atoms with Crippen molar-refractivity contribution in [2.75, 3.05) is 56.1 Å². The molecule has 5 rings (SSSR count). The Hall–Kier alpha value is -3.42. The molecule has 0 unspecified atom stereocenters. The van der Waals surface area contributed by atoms with Gasteiger partial charge in [0, 0.05) is 55.8 Å². The van der Waals surface area contributed by atoms with Crippen molar-refractivity contribution in [3.8, 4) is 5.75 Å². The number of nitrogens with zero attached hydrogens (tertiary/aromatic N) is 6. The highest BCUT2D eigenvalue weighted by atomic mass is 79.9. The average molecular weight is 630 g/mol. The molecule has 1 saturated heterocycles. The van der Waals surface area contributed by atoms with Gasteiger partial charge in [0.15, 0.2) is 9.84 Å². The largest absolute Gasteiger partial charge is 0.494 e. The lowest BCUT2D eigenvalue weighted by atomic mass is 10.0. The van der Waals surface area contributed by atoms with E-state index < -0.39 is 9.84 Å². The normalized spacial score (nSPS) is 14.6. The van der Waals surface area contributed by atoms with Crippen molar-refractivity contribution in [3.05, 3.63) is 47.2 Å². The Balaban J connectivity index is 1.40. The molecular weight excluding hydrogens is 596 g/mol. The maximum Gasteiger partial charge on any atom is 0.229 e. The molecule has 11 nitrogen and oxygen atoms in total. The van der Waals surface area contributed by atoms with Crippen LogP contribution in [0.2, 0.25) is 0 Å². The van der Waals surface area contributed by atoms with Gasteiger partial charge in [-0.05, 0) is 67.1 Å². The summed E-state index contributed by atoms with van der Waals surface area (Å²) in [6.07, 6.45) is 6.71. The smallest absolute Gasteiger partial charge is 0.229 e. The van der Waals surface area contributed by atoms with E-state index in [0.29, 0.717) is 39.2 Å². The van der Waals surface area contributed by atoms with Gasteiger partial charge >= 0.3 is 0 Å². The highest BCUT2D eigenvalue weighted by Crippen LogP contribution is 2.35. The summed E-state index contributed by atoms with van der Waals surface area (Å²) in [6, 6.07) is 10.0. The second-order valence-corrected chi connectivity index (χ2v) is 13.0. The monoisotopic (exact) mass is 628 g/mol. The first-order valence-electron chi connectivity index (χ1n) is 12.9. The lowest BCUT2D eigenvalue weighted by Crippen LogP contribution is -2.41. The summed E-state index contributed by atoms with van der Waals surface area (Å²) in [6.45, 7) is 1.98. The number of ether oxygens (including phenoxy) is 1. The Kier molecular flexibility index (Phi) is 7.89. The van der Waals surface area contributed by atoms with Gasteiger partial charge < -0.3 is 25.2 Å². The number of sulfone groups is 1. The van der Waals surface area contributed by atoms with E-state index in [1.165, 1.54) is 6.26 Å². The molecule has 40 heavy (non-hydrogen) atoms. The molecule has 2 aromatic carbocycles. The fourth-order valence-electron chi connectivity index (χ4n) is 4.97. The average Bonchev–Trinajstić information content (AvgIpc) is 3.29. The van der Waals surface area contributed by atoms with Crippen LogP contribution < -0.4 is 20.3 Å². The van der Waals surface area contributed by atoms with Gasteiger partial charge in [-0.1, -0.05) is 0 Å². The minimum atomic E-state index is -3.54. The van der Waals surface area contributed by atoms with Gasteiger partial charge in [-0.2, -0.15) is 10.1 Å². The number of hydrogen-bond acceptors (Lipinski definition) is 10. The lowest BCUT2D eigenvalue weighted by Gasteiger charge is -2.36. The Morgan fingerprint density at radius 3 is 2.50 bits per heavy atom. The summed E-state index contributed by atoms with van der Waals surface area (Å²) in [7, 11) is 4.14. The van der Waals surface area contributed by atoms with Crippen molar-refractivity contribution in [2.24, 2.45) is 7.05 Å². The first-order chi connectivity index (χ1) is 19.0. The number of aryl methyl sites for hydroxylation is 1. The molecule has 0 radical (unpaired) electrons. The van der Waals surface area contributed by atoms with Gasteiger partial charge in [0.25, 0.3) is 0 Å². The van der Waals surface area contributed by atoms with Gasteiger partial charge in [-0.25, -0.2) is 13.4 Å². The van der Waals surface area contributed by atoms with Crippen LogP contribution in [0, 0.1) is 0 Å². The summed E-state index contributed by atoms with van der Waals surface area (Å²) >= 11 is 3.48. The van der Waals surface area contributed by atoms with Gasteiger partial charge in [0.05, 0.1) is 39.6 Å². The molecule has 212 valence electrons. The van der Waals surface area contributed by atoms with Crippen LogP contribution in [0.15, 0.2) is 52.1 Å². The van der Waals surface area contributed by atoms with Crippen molar-refractivity contribution in [1.29, 1.82) is 0 Å². The van der Waals surface area contributed by atoms with Gasteiger partial charge in [0.1, 0.15) is 11.6 Å². The molecule has 4 aromatic rings. The Labute approximate surface area is 242 Å². The minimum Gasteiger partial charge on any atom is -0.494 e. The zero-order valence-electron chi connectivity index (χ0n) is 23.1. The Bertz CT molecular complexity index is 1650. The summed E-state index contributed by atoms with van der Waals surface area (Å²) in [5, 5.41) is 11.5. The van der Waals surface area contributed by atoms with Crippen molar-refractivity contribution in [3.63, 3.8) is 0 Å². The predicted octanol–water partition coefficient (Wildman–Crippen LogP) is 4.56. The van der Waals surface area contributed by atoms with E-state index in [0.717, 1.165) is 42.7 Å². The molecule has 0 bridgehead atoms. The number of piperidine rings is 1. The highest BCUT2D eigenvalue weighted by molar-refractivity contribution is 9.10. The van der Waals surface area contributed by atoms with Gasteiger partial charge in [-0.15, -0.1) is 0 Å². The van der Waals surface area contributed by atoms with Crippen LogP contribution in [0.4, 0.5) is 28.8 Å². The van der Waals surface area contributed by atoms with Crippen LogP contribution in [0.25, 0.3) is 10.9 Å². The SMILES string of the molecule is COc1cc(N2CCC(N(C)C)CC2)ccc1Nc1ncc(Br)c(Nc2cc3cnn(C)c3cc2S(C)(=O)=O)n1. The summed E-state index contributed by atoms with van der Waals surface area (Å²) < 4.78 is 33.2. The van der Waals surface area contributed by atoms with Crippen LogP contribution in [-0.4, -0.2) is 79.7 Å². The molecule has 1 fully saturated rings. The molecule has 1 aliphatic heterocycles. The molecule has 0 atom stereocenters. The Morgan fingerprint density at radius 1 is 1.07 bits per heavy atom. The molecule has 0 amide bonds. The quantitative estimate of drug-likeness (QED) is 0.288. The van der Waals surface area contributed by atoms with Crippen molar-refractivity contribution in [2.45, 2.75) is 23.8 Å². The van der Waals surface area contributed by atoms with Crippen molar-refractivity contribution >= 4 is 65.5 Å². The number of anilines is 5. The van der Waals surface area contributed by atoms with E-state index >= 15 is 0 Å². The second-order valence-electron chi connectivity index (χ2n) is 10.2. The highest BCUT2D eigenvalue weighted by Gasteiger charge is 2.22. The van der Waals surface area contributed by atoms with Crippen LogP contribution in [0.5, 0.6) is 5.75 Å². The summed E-state index contributed by atoms with van der Waals surface area (Å²) in [5.74, 6) is 1.41. The zero-order chi connectivity index (χ0) is 28.6. The third-order valence-electron chi connectivity index (χ3n) is 7.24. The fraction of sp³-hybridized carbons (Fsp3) is 0.370. The number of rotatable bonds is 8. The van der Waals surface area contributed by atoms with Gasteiger partial charge in [0.2, 0.25) is 5.95 Å². The molecular formula is C27H33BrN8O3S. The van der Waals surface area contributed by atoms with Crippen LogP contribution in [0.1, 0.15) is 12.8 Å². The predicted molar refractivity (Wildman–Crippen MR) is 162 cm³/mol. The van der Waals surface area contributed by atoms with Crippen LogP contribution in [-0.2, 0) is 16.9 Å². The molecule has 0 spiro atoms. The number of nitrogens with one attached hydrogen (secondary N) is 2. The second kappa shape index (κ2) is 11.2. The molecule has 2 aromatic heterocycles. The maximum absolute atomic E-state index is 12.6. The molecule has 0 aliphatic carbocycles. The number of aromatic nitrogens is 4. The topological polar surface area (TPSA) is 118 Å². The number of halogens is 1. The molecule has 3 heterocycles. The molecule has 0 saturated carbocycles. The number of fused-ring (bicyclic) bond motifs is 1. The van der Waals surface area contributed by atoms with Crippen molar-refractivity contribution < 1.29 is 13.2 Å². The van der Waals surface area contributed by atoms with Gasteiger partial charge in [-0.3, -0.25) is 4.68 Å². The number of methoxy groups -OCH3 is 1. The molecule has 1 aliphatic rings. The third-order valence-corrected chi connectivity index (χ3v) is 8.95. The standard InChI is InChI=1S/C27H33BrN8O3S/c1-34(2)18-8-10-36(11-9-18)19-6-7-21(24(13-19)39-4)32-27-29-16-20(28)26(33-27)31-22-12-17-15-30-35(3)23(17)14-25(22)40(5,37)38/h6-7,12-16,18H,8-11H2,1-5H3,(H2,29,31,32,33). The zero-order valence-corrected chi connectivity index (χ0v) is 25.5. The molecule has 13 heteroatoms. The Morgan fingerprint density at radius 2 is 1.82 bits per heavy atom. The first kappa shape index (κ1) is 28.1. The maximum atomic E-state index is 12.6. The fourth-order valence-corrected chi connectivity index (χ4v) is 6.09. The van der Waals surface area contributed by atoms with E-state index in [-0.39, 0.29) is 4.90 Å². The van der Waals surface area contributed by atoms with Crippen LogP contribution >= 0.6 is 15.9 Å². The minimum absolute atomic E-state index is 0.149. The molecule has 2 N–H and O–H groups in total. The van der Waals surface area contributed by atoms with E-state index in [4.69, 9.17) is 4.74 Å².